The van der Waals surface area contributed by atoms with E-state index < -0.39 is 43.3 Å². The van der Waals surface area contributed by atoms with Crippen molar-refractivity contribution in [2.24, 2.45) is 0 Å². The predicted octanol–water partition coefficient (Wildman–Crippen LogP) is 0.432. The quantitative estimate of drug-likeness (QED) is 0.736. The third kappa shape index (κ3) is 4.30. The number of ether oxygens (including phenoxy) is 1. The van der Waals surface area contributed by atoms with E-state index in [0.29, 0.717) is 0 Å². The first-order chi connectivity index (χ1) is 10.7. The third-order valence-corrected chi connectivity index (χ3v) is 3.35. The minimum absolute atomic E-state index is 0.0441. The van der Waals surface area contributed by atoms with Crippen LogP contribution in [0.1, 0.15) is 24.6 Å². The molecule has 3 atom stereocenters. The Hall–Kier alpha value is -1.91. The third-order valence-electron chi connectivity index (χ3n) is 3.35. The molecule has 0 saturated carbocycles. The van der Waals surface area contributed by atoms with Crippen molar-refractivity contribution in [1.82, 2.24) is 9.55 Å². The zero-order valence-electron chi connectivity index (χ0n) is 11.9. The van der Waals surface area contributed by atoms with Gasteiger partial charge in [-0.05, 0) is 0 Å². The number of aliphatic hydroxyl groups is 2. The van der Waals surface area contributed by atoms with Gasteiger partial charge in [0, 0.05) is 18.2 Å². The van der Waals surface area contributed by atoms with E-state index in [1.54, 1.807) is 0 Å². The molecule has 1 saturated heterocycles. The van der Waals surface area contributed by atoms with E-state index in [2.05, 4.69) is 4.98 Å². The summed E-state index contributed by atoms with van der Waals surface area (Å²) in [6.07, 6.45) is -4.93. The molecule has 0 bridgehead atoms. The Balaban J connectivity index is 2.25. The van der Waals surface area contributed by atoms with Crippen LogP contribution in [0.3, 0.4) is 0 Å². The number of aromatic nitrogens is 2. The second-order valence-electron chi connectivity index (χ2n) is 5.11. The van der Waals surface area contributed by atoms with E-state index in [1.165, 1.54) is 6.20 Å². The first-order valence-electron chi connectivity index (χ1n) is 6.77. The summed E-state index contributed by atoms with van der Waals surface area (Å²) in [4.78, 5) is 15.4. The van der Waals surface area contributed by atoms with Gasteiger partial charge in [0.1, 0.15) is 18.1 Å². The van der Waals surface area contributed by atoms with E-state index in [0.717, 1.165) is 16.7 Å². The molecule has 2 rings (SSSR count). The second-order valence-corrected chi connectivity index (χ2v) is 5.11. The first-order valence-corrected chi connectivity index (χ1v) is 6.77. The number of hydrogen-bond acceptors (Lipinski definition) is 6. The van der Waals surface area contributed by atoms with Crippen LogP contribution < -0.4 is 11.4 Å². The largest absolute Gasteiger partial charge is 0.394 e. The number of rotatable bonds is 4. The van der Waals surface area contributed by atoms with E-state index in [1.807, 2.05) is 0 Å². The summed E-state index contributed by atoms with van der Waals surface area (Å²) in [5.41, 5.74) is 4.90. The molecular weight excluding hydrogens is 319 g/mol. The molecule has 0 aromatic carbocycles. The maximum absolute atomic E-state index is 12.1. The summed E-state index contributed by atoms with van der Waals surface area (Å²) in [5, 5.41) is 18.7. The Kier molecular flexibility index (Phi) is 5.07. The molecule has 1 fully saturated rings. The number of nitrogens with zero attached hydrogens (tertiary/aromatic N) is 2. The van der Waals surface area contributed by atoms with Gasteiger partial charge in [-0.1, -0.05) is 12.2 Å². The number of hydrogen-bond donors (Lipinski definition) is 3. The van der Waals surface area contributed by atoms with Gasteiger partial charge in [-0.15, -0.1) is 0 Å². The summed E-state index contributed by atoms with van der Waals surface area (Å²) >= 11 is 0. The maximum atomic E-state index is 12.1. The highest BCUT2D eigenvalue weighted by atomic mass is 19.4. The Morgan fingerprint density at radius 2 is 2.22 bits per heavy atom. The van der Waals surface area contributed by atoms with Gasteiger partial charge in [-0.2, -0.15) is 18.2 Å². The van der Waals surface area contributed by atoms with Gasteiger partial charge in [0.25, 0.3) is 0 Å². The molecule has 2 heterocycles. The molecule has 4 N–H and O–H groups in total. The number of aliphatic hydroxyl groups excluding tert-OH is 2. The van der Waals surface area contributed by atoms with Gasteiger partial charge >= 0.3 is 11.9 Å². The van der Waals surface area contributed by atoms with Gasteiger partial charge in [0.05, 0.1) is 19.1 Å². The smallest absolute Gasteiger partial charge is 0.392 e. The molecule has 0 radical (unpaired) electrons. The van der Waals surface area contributed by atoms with E-state index in [9.17, 15) is 23.1 Å². The summed E-state index contributed by atoms with van der Waals surface area (Å²) in [7, 11) is 0. The summed E-state index contributed by atoms with van der Waals surface area (Å²) in [5.74, 6) is -0.207. The Labute approximate surface area is 128 Å². The van der Waals surface area contributed by atoms with Gasteiger partial charge in [0.15, 0.2) is 0 Å². The van der Waals surface area contributed by atoms with Crippen LogP contribution in [-0.4, -0.2) is 44.8 Å². The van der Waals surface area contributed by atoms with Crippen molar-refractivity contribution in [2.45, 2.75) is 37.5 Å². The standard InChI is InChI=1S/C13H16F3N3O4/c14-13(15,16)3-1-2-7-5-19(12(22)18-11(7)17)10-4-8(21)9(6-20)23-10/h1-2,5,8-10,20-21H,3-4,6H2,(H2,17,18,22)/t8?,9-,10-/m1/s1. The fourth-order valence-electron chi connectivity index (χ4n) is 2.20. The van der Waals surface area contributed by atoms with E-state index >= 15 is 0 Å². The molecule has 1 aromatic rings. The highest BCUT2D eigenvalue weighted by Gasteiger charge is 2.35. The van der Waals surface area contributed by atoms with Crippen LogP contribution in [0.5, 0.6) is 0 Å². The summed E-state index contributed by atoms with van der Waals surface area (Å²) < 4.78 is 42.8. The topological polar surface area (TPSA) is 111 Å². The molecular formula is C13H16F3N3O4. The minimum Gasteiger partial charge on any atom is -0.394 e. The Morgan fingerprint density at radius 1 is 1.52 bits per heavy atom. The average molecular weight is 335 g/mol. The molecule has 1 aromatic heterocycles. The van der Waals surface area contributed by atoms with Crippen LogP contribution in [0.15, 0.2) is 17.1 Å². The second kappa shape index (κ2) is 6.69. The number of halogens is 3. The van der Waals surface area contributed by atoms with Crippen LogP contribution in [0.25, 0.3) is 6.08 Å². The van der Waals surface area contributed by atoms with Crippen molar-refractivity contribution in [3.8, 4) is 0 Å². The molecule has 128 valence electrons. The molecule has 10 heteroatoms. The normalized spacial score (nSPS) is 25.3. The lowest BCUT2D eigenvalue weighted by molar-refractivity contribution is -0.124. The SMILES string of the molecule is Nc1nc(=O)n([C@H]2CC(O)[C@@H](CO)O2)cc1C=CCC(F)(F)F. The molecule has 0 aliphatic carbocycles. The van der Waals surface area contributed by atoms with Crippen molar-refractivity contribution >= 4 is 11.9 Å². The van der Waals surface area contributed by atoms with Crippen LogP contribution in [-0.2, 0) is 4.74 Å². The van der Waals surface area contributed by atoms with Gasteiger partial charge < -0.3 is 20.7 Å². The lowest BCUT2D eigenvalue weighted by Crippen LogP contribution is -2.28. The highest BCUT2D eigenvalue weighted by Crippen LogP contribution is 2.28. The number of alkyl halides is 3. The van der Waals surface area contributed by atoms with Gasteiger partial charge in [-0.3, -0.25) is 4.57 Å². The maximum Gasteiger partial charge on any atom is 0.392 e. The fourth-order valence-corrected chi connectivity index (χ4v) is 2.20. The van der Waals surface area contributed by atoms with Crippen LogP contribution in [0.4, 0.5) is 19.0 Å². The molecule has 7 nitrogen and oxygen atoms in total. The van der Waals surface area contributed by atoms with Crippen LogP contribution in [0.2, 0.25) is 0 Å². The Morgan fingerprint density at radius 3 is 2.78 bits per heavy atom. The molecule has 23 heavy (non-hydrogen) atoms. The lowest BCUT2D eigenvalue weighted by atomic mass is 10.2. The van der Waals surface area contributed by atoms with Crippen molar-refractivity contribution in [3.05, 3.63) is 28.3 Å². The van der Waals surface area contributed by atoms with Gasteiger partial charge in [0.2, 0.25) is 0 Å². The average Bonchev–Trinajstić information content (AvgIpc) is 2.81. The molecule has 0 spiro atoms. The van der Waals surface area contributed by atoms with Crippen molar-refractivity contribution in [2.75, 3.05) is 12.3 Å². The molecule has 1 aliphatic rings. The van der Waals surface area contributed by atoms with E-state index in [-0.39, 0.29) is 17.8 Å². The van der Waals surface area contributed by atoms with Crippen molar-refractivity contribution in [1.29, 1.82) is 0 Å². The number of anilines is 1. The lowest BCUT2D eigenvalue weighted by Gasteiger charge is -2.15. The predicted molar refractivity (Wildman–Crippen MR) is 74.2 cm³/mol. The number of nitrogens with two attached hydrogens (primary N) is 1. The minimum atomic E-state index is -4.35. The monoisotopic (exact) mass is 335 g/mol. The Bertz CT molecular complexity index is 644. The zero-order valence-corrected chi connectivity index (χ0v) is 11.9. The molecule has 0 amide bonds. The summed E-state index contributed by atoms with van der Waals surface area (Å²) in [6.45, 7) is -0.423. The highest BCUT2D eigenvalue weighted by molar-refractivity contribution is 5.59. The van der Waals surface area contributed by atoms with Gasteiger partial charge in [-0.25, -0.2) is 4.79 Å². The number of nitrogen functional groups attached to an aromatic ring is 1. The van der Waals surface area contributed by atoms with Crippen molar-refractivity contribution in [3.63, 3.8) is 0 Å². The number of allylic oxidation sites excluding steroid dienone is 1. The van der Waals surface area contributed by atoms with E-state index in [4.69, 9.17) is 15.6 Å². The first kappa shape index (κ1) is 17.4. The van der Waals surface area contributed by atoms with Crippen LogP contribution in [0, 0.1) is 0 Å². The molecule has 1 aliphatic heterocycles. The fraction of sp³-hybridized carbons (Fsp3) is 0.538. The molecule has 1 unspecified atom stereocenters. The van der Waals surface area contributed by atoms with Crippen LogP contribution >= 0.6 is 0 Å². The zero-order chi connectivity index (χ0) is 17.2. The summed E-state index contributed by atoms with van der Waals surface area (Å²) in [6, 6.07) is 0. The van der Waals surface area contributed by atoms with Crippen molar-refractivity contribution < 1.29 is 28.1 Å².